The molecule has 1 atom stereocenters. The summed E-state index contributed by atoms with van der Waals surface area (Å²) in [6, 6.07) is 13.4. The van der Waals surface area contributed by atoms with Gasteiger partial charge in [-0.3, -0.25) is 4.72 Å². The van der Waals surface area contributed by atoms with Crippen molar-refractivity contribution in [1.29, 1.82) is 0 Å². The Morgan fingerprint density at radius 1 is 1.20 bits per heavy atom. The molecule has 0 fully saturated rings. The Morgan fingerprint density at radius 3 is 2.56 bits per heavy atom. The van der Waals surface area contributed by atoms with Crippen molar-refractivity contribution in [3.8, 4) is 0 Å². The molecule has 130 valence electrons. The first-order valence-electron chi connectivity index (χ1n) is 7.28. The van der Waals surface area contributed by atoms with E-state index in [0.29, 0.717) is 11.3 Å². The molecule has 0 radical (unpaired) electrons. The summed E-state index contributed by atoms with van der Waals surface area (Å²) in [4.78, 5) is 25.6. The largest absolute Gasteiger partial charge is 0.467 e. The van der Waals surface area contributed by atoms with Crippen LogP contribution in [0.1, 0.15) is 5.56 Å². The van der Waals surface area contributed by atoms with E-state index in [0.717, 1.165) is 0 Å². The molecule has 0 saturated heterocycles. The molecule has 7 nitrogen and oxygen atoms in total. The number of rotatable bonds is 7. The second-order valence-electron chi connectivity index (χ2n) is 5.08. The maximum absolute atomic E-state index is 12.3. The number of ether oxygens (including phenoxy) is 1. The number of hydrogen-bond donors (Lipinski definition) is 1. The molecule has 0 saturated carbocycles. The minimum Gasteiger partial charge on any atom is -0.467 e. The minimum absolute atomic E-state index is 0.0861. The second-order valence-corrected chi connectivity index (χ2v) is 6.76. The van der Waals surface area contributed by atoms with E-state index in [4.69, 9.17) is 0 Å². The number of nitrogens with zero attached hydrogens (tertiary/aromatic N) is 1. The fourth-order valence-corrected chi connectivity index (χ4v) is 3.25. The van der Waals surface area contributed by atoms with Gasteiger partial charge in [0.25, 0.3) is 10.0 Å². The van der Waals surface area contributed by atoms with Crippen LogP contribution in [0.2, 0.25) is 0 Å². The van der Waals surface area contributed by atoms with Gasteiger partial charge in [-0.1, -0.05) is 30.3 Å². The van der Waals surface area contributed by atoms with Crippen molar-refractivity contribution in [2.75, 3.05) is 11.8 Å². The van der Waals surface area contributed by atoms with Crippen LogP contribution in [-0.2, 0) is 30.8 Å². The van der Waals surface area contributed by atoms with E-state index in [-0.39, 0.29) is 11.3 Å². The molecular formula is C17H16N2O5S. The normalized spacial score (nSPS) is 11.9. The minimum atomic E-state index is -3.72. The van der Waals surface area contributed by atoms with Crippen molar-refractivity contribution >= 4 is 27.8 Å². The van der Waals surface area contributed by atoms with E-state index in [9.17, 15) is 18.0 Å². The Labute approximate surface area is 145 Å². The molecule has 2 aromatic carbocycles. The molecule has 0 aromatic heterocycles. The number of anilines is 1. The molecule has 0 aliphatic heterocycles. The first kappa shape index (κ1) is 18.4. The monoisotopic (exact) mass is 360 g/mol. The number of methoxy groups -OCH3 is 1. The average Bonchev–Trinajstić information content (AvgIpc) is 2.61. The zero-order valence-corrected chi connectivity index (χ0v) is 14.2. The zero-order valence-electron chi connectivity index (χ0n) is 13.4. The van der Waals surface area contributed by atoms with Crippen LogP contribution in [0.3, 0.4) is 0 Å². The number of carbonyl (C=O) groups is 1. The second kappa shape index (κ2) is 8.23. The van der Waals surface area contributed by atoms with Crippen molar-refractivity contribution in [3.05, 3.63) is 60.2 Å². The third-order valence-corrected chi connectivity index (χ3v) is 4.74. The zero-order chi connectivity index (χ0) is 18.3. The summed E-state index contributed by atoms with van der Waals surface area (Å²) >= 11 is 0. The van der Waals surface area contributed by atoms with Gasteiger partial charge in [0, 0.05) is 12.1 Å². The van der Waals surface area contributed by atoms with E-state index in [1.54, 1.807) is 42.5 Å². The van der Waals surface area contributed by atoms with E-state index in [1.807, 2.05) is 0 Å². The van der Waals surface area contributed by atoms with Crippen LogP contribution in [0.4, 0.5) is 5.69 Å². The Morgan fingerprint density at radius 2 is 1.92 bits per heavy atom. The van der Waals surface area contributed by atoms with E-state index in [2.05, 4.69) is 14.5 Å². The van der Waals surface area contributed by atoms with Gasteiger partial charge in [0.1, 0.15) is 0 Å². The highest BCUT2D eigenvalue weighted by Crippen LogP contribution is 2.18. The number of nitrogens with one attached hydrogen (secondary N) is 1. The smallest absolute Gasteiger partial charge is 0.331 e. The number of carbonyl (C=O) groups excluding carboxylic acids is 2. The summed E-state index contributed by atoms with van der Waals surface area (Å²) in [7, 11) is -2.52. The Balaban J connectivity index is 2.21. The highest BCUT2D eigenvalue weighted by molar-refractivity contribution is 7.92. The molecular weight excluding hydrogens is 344 g/mol. The van der Waals surface area contributed by atoms with Crippen molar-refractivity contribution in [1.82, 2.24) is 0 Å². The molecule has 2 rings (SSSR count). The Bertz CT molecular complexity index is 890. The number of aliphatic imine (C=N–C) groups is 1. The lowest BCUT2D eigenvalue weighted by molar-refractivity contribution is -0.142. The third kappa shape index (κ3) is 5.00. The molecule has 2 aromatic rings. The highest BCUT2D eigenvalue weighted by Gasteiger charge is 2.19. The molecule has 25 heavy (non-hydrogen) atoms. The Kier molecular flexibility index (Phi) is 6.05. The molecule has 1 N–H and O–H groups in total. The summed E-state index contributed by atoms with van der Waals surface area (Å²) in [6.45, 7) is 0. The summed E-state index contributed by atoms with van der Waals surface area (Å²) in [5.74, 6) is -0.668. The summed E-state index contributed by atoms with van der Waals surface area (Å²) in [5, 5.41) is 0. The maximum atomic E-state index is 12.3. The lowest BCUT2D eigenvalue weighted by Gasteiger charge is -2.11. The van der Waals surface area contributed by atoms with Crippen LogP contribution in [0.5, 0.6) is 0 Å². The predicted octanol–water partition coefficient (Wildman–Crippen LogP) is 1.91. The predicted molar refractivity (Wildman–Crippen MR) is 91.3 cm³/mol. The molecule has 0 aliphatic carbocycles. The van der Waals surface area contributed by atoms with E-state index >= 15 is 0 Å². The highest BCUT2D eigenvalue weighted by atomic mass is 32.2. The van der Waals surface area contributed by atoms with Gasteiger partial charge in [-0.05, 0) is 29.8 Å². The number of sulfonamides is 1. The van der Waals surface area contributed by atoms with Gasteiger partial charge in [0.2, 0.25) is 6.08 Å². The quantitative estimate of drug-likeness (QED) is 0.462. The van der Waals surface area contributed by atoms with Gasteiger partial charge in [0.15, 0.2) is 6.04 Å². The van der Waals surface area contributed by atoms with Crippen molar-refractivity contribution in [2.45, 2.75) is 17.4 Å². The lowest BCUT2D eigenvalue weighted by Crippen LogP contribution is -2.22. The summed E-state index contributed by atoms with van der Waals surface area (Å²) in [5.41, 5.74) is 0.947. The fourth-order valence-electron chi connectivity index (χ4n) is 2.18. The van der Waals surface area contributed by atoms with Crippen LogP contribution in [0.25, 0.3) is 0 Å². The summed E-state index contributed by atoms with van der Waals surface area (Å²) < 4.78 is 31.7. The van der Waals surface area contributed by atoms with Crippen molar-refractivity contribution in [2.24, 2.45) is 4.99 Å². The molecule has 8 heteroatoms. The van der Waals surface area contributed by atoms with Crippen molar-refractivity contribution < 1.29 is 22.7 Å². The van der Waals surface area contributed by atoms with Crippen LogP contribution in [0.15, 0.2) is 64.5 Å². The standard InChI is InChI=1S/C17H16N2O5S/c1-24-17(21)16(18-12-20)11-13-6-5-7-14(10-13)19-25(22,23)15-8-3-2-4-9-15/h2-10,16,19H,11H2,1H3/t16-/m1/s1. The van der Waals surface area contributed by atoms with Gasteiger partial charge < -0.3 is 4.74 Å². The van der Waals surface area contributed by atoms with Gasteiger partial charge in [-0.15, -0.1) is 0 Å². The molecule has 0 bridgehead atoms. The van der Waals surface area contributed by atoms with Gasteiger partial charge >= 0.3 is 5.97 Å². The van der Waals surface area contributed by atoms with Gasteiger partial charge in [0.05, 0.1) is 12.0 Å². The first-order chi connectivity index (χ1) is 12.0. The Hall–Kier alpha value is -2.96. The molecule has 0 amide bonds. The SMILES string of the molecule is COC(=O)[C@@H](Cc1cccc(NS(=O)(=O)c2ccccc2)c1)N=C=O. The fraction of sp³-hybridized carbons (Fsp3) is 0.176. The maximum Gasteiger partial charge on any atom is 0.331 e. The number of benzene rings is 2. The lowest BCUT2D eigenvalue weighted by atomic mass is 10.1. The van der Waals surface area contributed by atoms with Gasteiger partial charge in [-0.25, -0.2) is 18.0 Å². The van der Waals surface area contributed by atoms with Crippen LogP contribution >= 0.6 is 0 Å². The number of esters is 1. The topological polar surface area (TPSA) is 102 Å². The van der Waals surface area contributed by atoms with E-state index < -0.39 is 22.0 Å². The van der Waals surface area contributed by atoms with E-state index in [1.165, 1.54) is 25.3 Å². The summed E-state index contributed by atoms with van der Waals surface area (Å²) in [6.07, 6.45) is 1.43. The number of isocyanates is 1. The van der Waals surface area contributed by atoms with Crippen LogP contribution in [-0.4, -0.2) is 33.6 Å². The first-order valence-corrected chi connectivity index (χ1v) is 8.76. The van der Waals surface area contributed by atoms with Crippen LogP contribution in [0, 0.1) is 0 Å². The molecule has 0 unspecified atom stereocenters. The average molecular weight is 360 g/mol. The molecule has 0 aliphatic rings. The molecule has 0 spiro atoms. The van der Waals surface area contributed by atoms with Crippen LogP contribution < -0.4 is 4.72 Å². The third-order valence-electron chi connectivity index (χ3n) is 3.34. The number of hydrogen-bond acceptors (Lipinski definition) is 6. The molecule has 0 heterocycles. The van der Waals surface area contributed by atoms with Crippen molar-refractivity contribution in [3.63, 3.8) is 0 Å². The van der Waals surface area contributed by atoms with Gasteiger partial charge in [-0.2, -0.15) is 4.99 Å².